The van der Waals surface area contributed by atoms with E-state index in [0.29, 0.717) is 5.56 Å². The molecule has 0 spiro atoms. The lowest BCUT2D eigenvalue weighted by Gasteiger charge is -2.22. The van der Waals surface area contributed by atoms with Crippen LogP contribution in [-0.2, 0) is 6.42 Å². The van der Waals surface area contributed by atoms with E-state index in [4.69, 9.17) is 9.68 Å². The summed E-state index contributed by atoms with van der Waals surface area (Å²) in [5.74, 6) is 1.07. The van der Waals surface area contributed by atoms with Gasteiger partial charge in [-0.1, -0.05) is 25.1 Å². The van der Waals surface area contributed by atoms with Crippen molar-refractivity contribution in [2.75, 3.05) is 13.1 Å². The van der Waals surface area contributed by atoms with Gasteiger partial charge >= 0.3 is 0 Å². The fourth-order valence-electron chi connectivity index (χ4n) is 4.04. The Kier molecular flexibility index (Phi) is 4.77. The molecule has 0 bridgehead atoms. The fourth-order valence-corrected chi connectivity index (χ4v) is 4.04. The van der Waals surface area contributed by atoms with Crippen molar-refractivity contribution in [3.8, 4) is 17.2 Å². The molecule has 132 valence electrons. The molecule has 3 heteroatoms. The maximum Gasteiger partial charge on any atom is 0.134 e. The first-order valence-corrected chi connectivity index (χ1v) is 9.54. The second-order valence-electron chi connectivity index (χ2n) is 7.14. The number of hydrogen-bond donors (Lipinski definition) is 0. The van der Waals surface area contributed by atoms with Gasteiger partial charge in [0, 0.05) is 24.4 Å². The van der Waals surface area contributed by atoms with Gasteiger partial charge in [0.1, 0.15) is 11.3 Å². The normalized spacial score (nSPS) is 17.6. The first-order chi connectivity index (χ1) is 12.8. The van der Waals surface area contributed by atoms with E-state index < -0.39 is 0 Å². The summed E-state index contributed by atoms with van der Waals surface area (Å²) in [5, 5.41) is 10.1. The first kappa shape index (κ1) is 16.9. The molecule has 0 unspecified atom stereocenters. The minimum Gasteiger partial charge on any atom is -0.461 e. The number of fused-ring (bicyclic) bond motifs is 1. The smallest absolute Gasteiger partial charge is 0.134 e. The topological polar surface area (TPSA) is 40.2 Å². The Bertz CT molecular complexity index is 933. The molecule has 0 saturated carbocycles. The van der Waals surface area contributed by atoms with E-state index in [1.165, 1.54) is 25.8 Å². The molecule has 2 heterocycles. The third-order valence-electron chi connectivity index (χ3n) is 5.53. The molecule has 1 fully saturated rings. The lowest BCUT2D eigenvalue weighted by atomic mass is 10.0. The number of hydrogen-bond acceptors (Lipinski definition) is 3. The molecule has 0 amide bonds. The predicted octanol–water partition coefficient (Wildman–Crippen LogP) is 5.39. The Labute approximate surface area is 154 Å². The summed E-state index contributed by atoms with van der Waals surface area (Å²) >= 11 is 0. The molecule has 1 saturated heterocycles. The Hall–Kier alpha value is -2.57. The van der Waals surface area contributed by atoms with Crippen LogP contribution in [0.3, 0.4) is 0 Å². The summed E-state index contributed by atoms with van der Waals surface area (Å²) in [6.45, 7) is 4.59. The van der Waals surface area contributed by atoms with Gasteiger partial charge in [0.05, 0.1) is 11.6 Å². The summed E-state index contributed by atoms with van der Waals surface area (Å²) in [5.41, 5.74) is 3.91. The van der Waals surface area contributed by atoms with Gasteiger partial charge in [0.2, 0.25) is 0 Å². The zero-order chi connectivity index (χ0) is 17.9. The highest BCUT2D eigenvalue weighted by Crippen LogP contribution is 2.28. The monoisotopic (exact) mass is 344 g/mol. The Balaban J connectivity index is 1.51. The Morgan fingerprint density at radius 1 is 1.12 bits per heavy atom. The van der Waals surface area contributed by atoms with Gasteiger partial charge in [-0.15, -0.1) is 0 Å². The van der Waals surface area contributed by atoms with Crippen LogP contribution >= 0.6 is 0 Å². The quantitative estimate of drug-likeness (QED) is 0.623. The average Bonchev–Trinajstić information content (AvgIpc) is 3.31. The summed E-state index contributed by atoms with van der Waals surface area (Å²) in [6, 6.07) is 19.1. The van der Waals surface area contributed by atoms with Gasteiger partial charge in [-0.25, -0.2) is 0 Å². The number of rotatable bonds is 5. The number of likely N-dealkylation sites (tertiary alicyclic amines) is 1. The van der Waals surface area contributed by atoms with Gasteiger partial charge in [0.15, 0.2) is 0 Å². The molecule has 2 aromatic carbocycles. The van der Waals surface area contributed by atoms with E-state index in [9.17, 15) is 0 Å². The third kappa shape index (κ3) is 3.38. The van der Waals surface area contributed by atoms with Crippen molar-refractivity contribution in [2.24, 2.45) is 0 Å². The molecule has 1 aromatic heterocycles. The van der Waals surface area contributed by atoms with Crippen molar-refractivity contribution in [3.05, 3.63) is 59.9 Å². The molecule has 1 aliphatic heterocycles. The van der Waals surface area contributed by atoms with Crippen molar-refractivity contribution in [1.29, 1.82) is 5.26 Å². The molecule has 0 aliphatic carbocycles. The van der Waals surface area contributed by atoms with Gasteiger partial charge in [0.25, 0.3) is 0 Å². The summed E-state index contributed by atoms with van der Waals surface area (Å²) in [6.07, 6.45) is 4.88. The van der Waals surface area contributed by atoms with Crippen LogP contribution in [0.5, 0.6) is 0 Å². The largest absolute Gasteiger partial charge is 0.461 e. The van der Waals surface area contributed by atoms with Crippen LogP contribution in [-0.4, -0.2) is 24.0 Å². The average molecular weight is 344 g/mol. The highest BCUT2D eigenvalue weighted by Gasteiger charge is 2.22. The van der Waals surface area contributed by atoms with Crippen molar-refractivity contribution in [3.63, 3.8) is 0 Å². The summed E-state index contributed by atoms with van der Waals surface area (Å²) in [7, 11) is 0. The second kappa shape index (κ2) is 7.35. The molecule has 0 N–H and O–H groups in total. The zero-order valence-electron chi connectivity index (χ0n) is 15.2. The maximum atomic E-state index is 8.94. The number of benzene rings is 2. The highest BCUT2D eigenvalue weighted by atomic mass is 16.3. The second-order valence-corrected chi connectivity index (χ2v) is 7.14. The minimum atomic E-state index is 0.688. The van der Waals surface area contributed by atoms with Crippen LogP contribution in [0.1, 0.15) is 37.5 Å². The van der Waals surface area contributed by atoms with Crippen molar-refractivity contribution in [2.45, 2.75) is 38.6 Å². The van der Waals surface area contributed by atoms with Crippen LogP contribution in [0.2, 0.25) is 0 Å². The van der Waals surface area contributed by atoms with E-state index in [1.807, 2.05) is 24.3 Å². The molecule has 1 aliphatic rings. The van der Waals surface area contributed by atoms with Crippen LogP contribution < -0.4 is 0 Å². The molecule has 3 aromatic rings. The zero-order valence-corrected chi connectivity index (χ0v) is 15.2. The van der Waals surface area contributed by atoms with Crippen molar-refractivity contribution in [1.82, 2.24) is 4.90 Å². The van der Waals surface area contributed by atoms with Gasteiger partial charge in [-0.2, -0.15) is 5.26 Å². The first-order valence-electron chi connectivity index (χ1n) is 9.54. The van der Waals surface area contributed by atoms with Crippen LogP contribution in [0.25, 0.3) is 22.1 Å². The van der Waals surface area contributed by atoms with Crippen molar-refractivity contribution >= 4 is 11.0 Å². The molecular weight excluding hydrogens is 320 g/mol. The Morgan fingerprint density at radius 3 is 2.69 bits per heavy atom. The lowest BCUT2D eigenvalue weighted by molar-refractivity contribution is 0.247. The van der Waals surface area contributed by atoms with E-state index in [1.54, 1.807) is 0 Å². The maximum absolute atomic E-state index is 8.94. The summed E-state index contributed by atoms with van der Waals surface area (Å²) < 4.78 is 6.05. The van der Waals surface area contributed by atoms with E-state index >= 15 is 0 Å². The predicted molar refractivity (Wildman–Crippen MR) is 105 cm³/mol. The molecule has 0 radical (unpaired) electrons. The van der Waals surface area contributed by atoms with Crippen LogP contribution in [0, 0.1) is 11.3 Å². The van der Waals surface area contributed by atoms with E-state index in [2.05, 4.69) is 42.2 Å². The highest BCUT2D eigenvalue weighted by molar-refractivity contribution is 5.84. The Morgan fingerprint density at radius 2 is 1.92 bits per heavy atom. The fraction of sp³-hybridized carbons (Fsp3) is 0.348. The SMILES string of the molecule is CC[C@H]1CCCN1CCc1cc2cc(-c3ccc(C#N)cc3)ccc2o1. The van der Waals surface area contributed by atoms with Gasteiger partial charge in [-0.3, -0.25) is 4.90 Å². The number of nitriles is 1. The van der Waals surface area contributed by atoms with Crippen molar-refractivity contribution < 1.29 is 4.42 Å². The molecule has 4 rings (SSSR count). The van der Waals surface area contributed by atoms with Crippen LogP contribution in [0.4, 0.5) is 0 Å². The standard InChI is InChI=1S/C23H24N2O/c1-2-21-4-3-12-25(21)13-11-22-15-20-14-19(9-10-23(20)26-22)18-7-5-17(16-24)6-8-18/h5-10,14-15,21H,2-4,11-13H2,1H3/t21-/m0/s1. The van der Waals surface area contributed by atoms with Gasteiger partial charge in [-0.05, 0) is 67.3 Å². The molecule has 1 atom stereocenters. The van der Waals surface area contributed by atoms with Crippen LogP contribution in [0.15, 0.2) is 52.9 Å². The van der Waals surface area contributed by atoms with E-state index in [0.717, 1.165) is 46.9 Å². The molecule has 26 heavy (non-hydrogen) atoms. The third-order valence-corrected chi connectivity index (χ3v) is 5.53. The lowest BCUT2D eigenvalue weighted by Crippen LogP contribution is -2.30. The number of nitrogens with zero attached hydrogens (tertiary/aromatic N) is 2. The molecular formula is C23H24N2O. The number of furan rings is 1. The van der Waals surface area contributed by atoms with Gasteiger partial charge < -0.3 is 4.42 Å². The molecule has 3 nitrogen and oxygen atoms in total. The van der Waals surface area contributed by atoms with E-state index in [-0.39, 0.29) is 0 Å². The minimum absolute atomic E-state index is 0.688. The summed E-state index contributed by atoms with van der Waals surface area (Å²) in [4.78, 5) is 2.61.